The van der Waals surface area contributed by atoms with Crippen molar-refractivity contribution < 1.29 is 4.79 Å². The van der Waals surface area contributed by atoms with E-state index in [-0.39, 0.29) is 18.3 Å². The van der Waals surface area contributed by atoms with Gasteiger partial charge in [0, 0.05) is 25.2 Å². The molecule has 2 N–H and O–H groups in total. The summed E-state index contributed by atoms with van der Waals surface area (Å²) in [6.45, 7) is 1.81. The van der Waals surface area contributed by atoms with Crippen molar-refractivity contribution in [3.63, 3.8) is 0 Å². The van der Waals surface area contributed by atoms with Crippen LogP contribution in [0.5, 0.6) is 0 Å². The quantitative estimate of drug-likeness (QED) is 0.850. The Kier molecular flexibility index (Phi) is 6.62. The van der Waals surface area contributed by atoms with Gasteiger partial charge in [0.05, 0.1) is 11.9 Å². The molecule has 6 heteroatoms. The van der Waals surface area contributed by atoms with Crippen LogP contribution in [0.15, 0.2) is 42.7 Å². The maximum absolute atomic E-state index is 11.9. The molecule has 1 saturated heterocycles. The van der Waals surface area contributed by atoms with Crippen LogP contribution in [0.3, 0.4) is 0 Å². The molecule has 2 aromatic rings. The van der Waals surface area contributed by atoms with Crippen molar-refractivity contribution in [3.8, 4) is 5.69 Å². The summed E-state index contributed by atoms with van der Waals surface area (Å²) in [6, 6.07) is 10.4. The van der Waals surface area contributed by atoms with E-state index in [0.29, 0.717) is 12.5 Å². The number of hydrogen-bond donors (Lipinski definition) is 2. The number of aromatic nitrogens is 2. The van der Waals surface area contributed by atoms with Gasteiger partial charge in [0.25, 0.3) is 0 Å². The number of nitrogens with zero attached hydrogens (tertiary/aromatic N) is 2. The van der Waals surface area contributed by atoms with E-state index in [2.05, 4.69) is 15.7 Å². The van der Waals surface area contributed by atoms with Crippen LogP contribution in [0.4, 0.5) is 0 Å². The van der Waals surface area contributed by atoms with E-state index in [1.54, 1.807) is 0 Å². The van der Waals surface area contributed by atoms with Gasteiger partial charge in [0.15, 0.2) is 0 Å². The van der Waals surface area contributed by atoms with E-state index >= 15 is 0 Å². The molecule has 1 atom stereocenters. The summed E-state index contributed by atoms with van der Waals surface area (Å²) in [4.78, 5) is 11.9. The minimum absolute atomic E-state index is 0. The Labute approximate surface area is 142 Å². The lowest BCUT2D eigenvalue weighted by Gasteiger charge is -2.11. The van der Waals surface area contributed by atoms with Gasteiger partial charge in [-0.15, -0.1) is 12.4 Å². The molecule has 1 aliphatic rings. The SMILES string of the molecule is Cl.O=C(CCc1cnn(-c2ccccc2)c1)NCC1CCCN1. The number of halogens is 1. The minimum Gasteiger partial charge on any atom is -0.355 e. The molecule has 1 fully saturated rings. The molecule has 0 radical (unpaired) electrons. The first-order valence-electron chi connectivity index (χ1n) is 7.90. The van der Waals surface area contributed by atoms with Crippen molar-refractivity contribution in [1.29, 1.82) is 0 Å². The number of carbonyl (C=O) groups excluding carboxylic acids is 1. The summed E-state index contributed by atoms with van der Waals surface area (Å²) in [5.41, 5.74) is 2.11. The monoisotopic (exact) mass is 334 g/mol. The first-order valence-corrected chi connectivity index (χ1v) is 7.90. The predicted octanol–water partition coefficient (Wildman–Crippen LogP) is 2.09. The molecule has 5 nitrogen and oxygen atoms in total. The molecule has 1 aromatic carbocycles. The van der Waals surface area contributed by atoms with E-state index in [4.69, 9.17) is 0 Å². The number of hydrogen-bond acceptors (Lipinski definition) is 3. The Hall–Kier alpha value is -1.85. The van der Waals surface area contributed by atoms with Gasteiger partial charge in [-0.25, -0.2) is 4.68 Å². The summed E-state index contributed by atoms with van der Waals surface area (Å²) in [7, 11) is 0. The Bertz CT molecular complexity index is 608. The summed E-state index contributed by atoms with van der Waals surface area (Å²) in [5, 5.41) is 10.7. The topological polar surface area (TPSA) is 59.0 Å². The molecule has 1 amide bonds. The highest BCUT2D eigenvalue weighted by Gasteiger charge is 2.14. The average molecular weight is 335 g/mol. The summed E-state index contributed by atoms with van der Waals surface area (Å²) >= 11 is 0. The second-order valence-electron chi connectivity index (χ2n) is 5.73. The lowest BCUT2D eigenvalue weighted by Crippen LogP contribution is -2.37. The number of aryl methyl sites for hydroxylation is 1. The van der Waals surface area contributed by atoms with Gasteiger partial charge in [0.2, 0.25) is 5.91 Å². The third-order valence-electron chi connectivity index (χ3n) is 4.01. The maximum atomic E-state index is 11.9. The molecule has 0 spiro atoms. The first kappa shape index (κ1) is 17.5. The fourth-order valence-corrected chi connectivity index (χ4v) is 2.73. The fraction of sp³-hybridized carbons (Fsp3) is 0.412. The lowest BCUT2D eigenvalue weighted by molar-refractivity contribution is -0.121. The van der Waals surface area contributed by atoms with Gasteiger partial charge in [-0.3, -0.25) is 4.79 Å². The lowest BCUT2D eigenvalue weighted by atomic mass is 10.2. The van der Waals surface area contributed by atoms with Crippen LogP contribution >= 0.6 is 12.4 Å². The van der Waals surface area contributed by atoms with Gasteiger partial charge in [-0.1, -0.05) is 18.2 Å². The van der Waals surface area contributed by atoms with Crippen molar-refractivity contribution in [1.82, 2.24) is 20.4 Å². The molecular formula is C17H23ClN4O. The summed E-state index contributed by atoms with van der Waals surface area (Å²) in [6.07, 6.45) is 7.41. The average Bonchev–Trinajstić information content (AvgIpc) is 3.23. The normalized spacial score (nSPS) is 16.8. The molecule has 1 aromatic heterocycles. The molecule has 23 heavy (non-hydrogen) atoms. The van der Waals surface area contributed by atoms with Crippen LogP contribution in [0.2, 0.25) is 0 Å². The van der Waals surface area contributed by atoms with Gasteiger partial charge >= 0.3 is 0 Å². The Morgan fingerprint density at radius 1 is 1.35 bits per heavy atom. The number of amides is 1. The van der Waals surface area contributed by atoms with Gasteiger partial charge < -0.3 is 10.6 Å². The van der Waals surface area contributed by atoms with Crippen molar-refractivity contribution in [2.75, 3.05) is 13.1 Å². The minimum atomic E-state index is 0. The summed E-state index contributed by atoms with van der Waals surface area (Å²) in [5.74, 6) is 0.112. The molecule has 3 rings (SSSR count). The van der Waals surface area contributed by atoms with Crippen molar-refractivity contribution in [3.05, 3.63) is 48.3 Å². The highest BCUT2D eigenvalue weighted by Crippen LogP contribution is 2.09. The highest BCUT2D eigenvalue weighted by atomic mass is 35.5. The zero-order valence-electron chi connectivity index (χ0n) is 13.1. The van der Waals surface area contributed by atoms with E-state index < -0.39 is 0 Å². The van der Waals surface area contributed by atoms with Crippen molar-refractivity contribution in [2.24, 2.45) is 0 Å². The van der Waals surface area contributed by atoms with Crippen LogP contribution in [0, 0.1) is 0 Å². The molecule has 0 saturated carbocycles. The van der Waals surface area contributed by atoms with Gasteiger partial charge in [-0.2, -0.15) is 5.10 Å². The number of para-hydroxylation sites is 1. The zero-order chi connectivity index (χ0) is 15.2. The molecular weight excluding hydrogens is 312 g/mol. The molecule has 1 aliphatic heterocycles. The van der Waals surface area contributed by atoms with E-state index in [1.165, 1.54) is 6.42 Å². The van der Waals surface area contributed by atoms with E-state index in [1.807, 2.05) is 47.4 Å². The number of benzene rings is 1. The Morgan fingerprint density at radius 2 is 2.17 bits per heavy atom. The third-order valence-corrected chi connectivity index (χ3v) is 4.01. The Morgan fingerprint density at radius 3 is 2.91 bits per heavy atom. The third kappa shape index (κ3) is 5.08. The van der Waals surface area contributed by atoms with Gasteiger partial charge in [0.1, 0.15) is 0 Å². The maximum Gasteiger partial charge on any atom is 0.220 e. The largest absolute Gasteiger partial charge is 0.355 e. The first-order chi connectivity index (χ1) is 10.8. The molecule has 0 bridgehead atoms. The van der Waals surface area contributed by atoms with Crippen LogP contribution in [-0.2, 0) is 11.2 Å². The predicted molar refractivity (Wildman–Crippen MR) is 93.2 cm³/mol. The molecule has 0 aliphatic carbocycles. The fourth-order valence-electron chi connectivity index (χ4n) is 2.73. The smallest absolute Gasteiger partial charge is 0.220 e. The number of rotatable bonds is 6. The van der Waals surface area contributed by atoms with Crippen LogP contribution in [-0.4, -0.2) is 34.8 Å². The molecule has 124 valence electrons. The zero-order valence-corrected chi connectivity index (χ0v) is 13.9. The van der Waals surface area contributed by atoms with E-state index in [0.717, 1.165) is 37.2 Å². The van der Waals surface area contributed by atoms with Crippen LogP contribution < -0.4 is 10.6 Å². The number of nitrogens with one attached hydrogen (secondary N) is 2. The van der Waals surface area contributed by atoms with Crippen LogP contribution in [0.25, 0.3) is 5.69 Å². The second-order valence-corrected chi connectivity index (χ2v) is 5.73. The van der Waals surface area contributed by atoms with E-state index in [9.17, 15) is 4.79 Å². The highest BCUT2D eigenvalue weighted by molar-refractivity contribution is 5.85. The van der Waals surface area contributed by atoms with Crippen molar-refractivity contribution in [2.45, 2.75) is 31.7 Å². The Balaban J connectivity index is 0.00000192. The number of carbonyl (C=O) groups is 1. The molecule has 1 unspecified atom stereocenters. The second kappa shape index (κ2) is 8.70. The van der Waals surface area contributed by atoms with Gasteiger partial charge in [-0.05, 0) is 43.5 Å². The van der Waals surface area contributed by atoms with Crippen molar-refractivity contribution >= 4 is 18.3 Å². The standard InChI is InChI=1S/C17H22N4O.ClH/c22-17(19-12-15-5-4-10-18-15)9-8-14-11-20-21(13-14)16-6-2-1-3-7-16;/h1-3,6-7,11,13,15,18H,4-5,8-10,12H2,(H,19,22);1H. The molecule has 2 heterocycles. The summed E-state index contributed by atoms with van der Waals surface area (Å²) < 4.78 is 1.84. The van der Waals surface area contributed by atoms with Crippen LogP contribution in [0.1, 0.15) is 24.8 Å².